The normalized spacial score (nSPS) is 10.5. The Morgan fingerprint density at radius 1 is 1.06 bits per heavy atom. The molecule has 31 heavy (non-hydrogen) atoms. The first-order chi connectivity index (χ1) is 15.1. The molecule has 7 heteroatoms. The Balaban J connectivity index is 1.59. The maximum Gasteiger partial charge on any atom is 0.382 e. The number of thiazole rings is 1. The standard InChI is InChI=1S/C24H18FN3O2S/c25-20-2-1-3-21-23(20)31-24(27-21)28(15-12-18-10-13-26-14-11-18)16-19-6-4-17(5-7-19)8-9-22(29)30/h1-7,10-11,13-14H,12,15-16H2,(H,29,30). The topological polar surface area (TPSA) is 66.3 Å². The molecule has 0 saturated heterocycles. The number of hydrogen-bond donors (Lipinski definition) is 1. The number of halogens is 1. The Morgan fingerprint density at radius 2 is 1.84 bits per heavy atom. The van der Waals surface area contributed by atoms with Gasteiger partial charge in [0.25, 0.3) is 0 Å². The molecule has 0 amide bonds. The lowest BCUT2D eigenvalue weighted by molar-refractivity contribution is -0.130. The van der Waals surface area contributed by atoms with Crippen LogP contribution in [0.15, 0.2) is 67.0 Å². The van der Waals surface area contributed by atoms with E-state index in [1.54, 1.807) is 30.6 Å². The predicted molar refractivity (Wildman–Crippen MR) is 120 cm³/mol. The molecule has 1 N–H and O–H groups in total. The van der Waals surface area contributed by atoms with E-state index in [-0.39, 0.29) is 5.82 Å². The van der Waals surface area contributed by atoms with Gasteiger partial charge in [-0.15, -0.1) is 0 Å². The van der Waals surface area contributed by atoms with E-state index in [9.17, 15) is 9.18 Å². The zero-order chi connectivity index (χ0) is 21.6. The molecule has 154 valence electrons. The van der Waals surface area contributed by atoms with Gasteiger partial charge in [-0.1, -0.05) is 35.5 Å². The van der Waals surface area contributed by atoms with Crippen molar-refractivity contribution in [2.45, 2.75) is 13.0 Å². The van der Waals surface area contributed by atoms with Crippen LogP contribution in [0.4, 0.5) is 9.52 Å². The Bertz CT molecular complexity index is 1260. The molecule has 0 aliphatic heterocycles. The molecule has 0 aliphatic rings. The molecule has 4 aromatic rings. The Labute approximate surface area is 182 Å². The molecular formula is C24H18FN3O2S. The number of aliphatic carboxylic acids is 1. The summed E-state index contributed by atoms with van der Waals surface area (Å²) in [5.41, 5.74) is 3.46. The van der Waals surface area contributed by atoms with Crippen molar-refractivity contribution in [1.82, 2.24) is 9.97 Å². The van der Waals surface area contributed by atoms with Crippen molar-refractivity contribution in [2.75, 3.05) is 11.4 Å². The number of carbonyl (C=O) groups is 1. The number of rotatable bonds is 6. The SMILES string of the molecule is O=C(O)C#Cc1ccc(CN(CCc2ccncc2)c2nc3cccc(F)c3s2)cc1. The molecule has 0 unspecified atom stereocenters. The number of nitrogens with zero attached hydrogens (tertiary/aromatic N) is 3. The van der Waals surface area contributed by atoms with Crippen LogP contribution in [-0.2, 0) is 17.8 Å². The molecule has 0 fully saturated rings. The highest BCUT2D eigenvalue weighted by atomic mass is 32.1. The monoisotopic (exact) mass is 431 g/mol. The van der Waals surface area contributed by atoms with Gasteiger partial charge < -0.3 is 10.0 Å². The average Bonchev–Trinajstić information content (AvgIpc) is 3.22. The largest absolute Gasteiger partial charge is 0.472 e. The second-order valence-electron chi connectivity index (χ2n) is 6.86. The van der Waals surface area contributed by atoms with Gasteiger partial charge in [-0.25, -0.2) is 14.2 Å². The Hall–Kier alpha value is -3.76. The second-order valence-corrected chi connectivity index (χ2v) is 7.84. The molecule has 0 bridgehead atoms. The third-order valence-corrected chi connectivity index (χ3v) is 5.83. The minimum atomic E-state index is -1.16. The summed E-state index contributed by atoms with van der Waals surface area (Å²) in [5, 5.41) is 9.44. The maximum atomic E-state index is 14.2. The quantitative estimate of drug-likeness (QED) is 0.455. The maximum absolute atomic E-state index is 14.2. The van der Waals surface area contributed by atoms with Crippen LogP contribution in [0.2, 0.25) is 0 Å². The number of carboxylic acids is 1. The molecule has 4 rings (SSSR count). The highest BCUT2D eigenvalue weighted by Gasteiger charge is 2.15. The van der Waals surface area contributed by atoms with Crippen LogP contribution in [-0.4, -0.2) is 27.6 Å². The van der Waals surface area contributed by atoms with Gasteiger partial charge in [-0.05, 0) is 53.9 Å². The summed E-state index contributed by atoms with van der Waals surface area (Å²) in [7, 11) is 0. The second kappa shape index (κ2) is 9.37. The number of carboxylic acid groups (broad SMARTS) is 1. The highest BCUT2D eigenvalue weighted by molar-refractivity contribution is 7.22. The lowest BCUT2D eigenvalue weighted by atomic mass is 10.1. The molecule has 0 atom stereocenters. The zero-order valence-electron chi connectivity index (χ0n) is 16.5. The van der Waals surface area contributed by atoms with E-state index in [1.165, 1.54) is 17.4 Å². The van der Waals surface area contributed by atoms with Crippen molar-refractivity contribution in [3.63, 3.8) is 0 Å². The van der Waals surface area contributed by atoms with Crippen LogP contribution in [0.3, 0.4) is 0 Å². The van der Waals surface area contributed by atoms with Crippen LogP contribution < -0.4 is 4.90 Å². The number of hydrogen-bond acceptors (Lipinski definition) is 5. The fourth-order valence-electron chi connectivity index (χ4n) is 3.13. The van der Waals surface area contributed by atoms with Crippen LogP contribution in [0.1, 0.15) is 16.7 Å². The zero-order valence-corrected chi connectivity index (χ0v) is 17.3. The van der Waals surface area contributed by atoms with Gasteiger partial charge in [-0.3, -0.25) is 4.98 Å². The summed E-state index contributed by atoms with van der Waals surface area (Å²) in [6.45, 7) is 1.28. The van der Waals surface area contributed by atoms with Crippen LogP contribution in [0.25, 0.3) is 10.2 Å². The van der Waals surface area contributed by atoms with Gasteiger partial charge in [0.05, 0.1) is 10.2 Å². The summed E-state index contributed by atoms with van der Waals surface area (Å²) in [5.74, 6) is 3.29. The van der Waals surface area contributed by atoms with Crippen molar-refractivity contribution in [1.29, 1.82) is 0 Å². The van der Waals surface area contributed by atoms with Crippen molar-refractivity contribution in [2.24, 2.45) is 0 Å². The van der Waals surface area contributed by atoms with Gasteiger partial charge in [0, 0.05) is 37.0 Å². The third-order valence-electron chi connectivity index (χ3n) is 4.69. The lowest BCUT2D eigenvalue weighted by Gasteiger charge is -2.22. The van der Waals surface area contributed by atoms with Gasteiger partial charge in [0.15, 0.2) is 5.13 Å². The first kappa shape index (κ1) is 20.5. The van der Waals surface area contributed by atoms with Gasteiger partial charge in [0.2, 0.25) is 0 Å². The van der Waals surface area contributed by atoms with E-state index >= 15 is 0 Å². The summed E-state index contributed by atoms with van der Waals surface area (Å²) in [6, 6.07) is 16.3. The van der Waals surface area contributed by atoms with Gasteiger partial charge in [0.1, 0.15) is 5.82 Å². The lowest BCUT2D eigenvalue weighted by Crippen LogP contribution is -2.25. The Morgan fingerprint density at radius 3 is 2.55 bits per heavy atom. The average molecular weight is 431 g/mol. The fraction of sp³-hybridized carbons (Fsp3) is 0.125. The molecule has 2 heterocycles. The number of fused-ring (bicyclic) bond motifs is 1. The van der Waals surface area contributed by atoms with E-state index in [0.717, 1.165) is 22.7 Å². The fourth-order valence-corrected chi connectivity index (χ4v) is 4.13. The van der Waals surface area contributed by atoms with Crippen molar-refractivity contribution >= 4 is 32.7 Å². The van der Waals surface area contributed by atoms with Crippen LogP contribution in [0, 0.1) is 17.7 Å². The van der Waals surface area contributed by atoms with Crippen LogP contribution >= 0.6 is 11.3 Å². The van der Waals surface area contributed by atoms with E-state index in [0.29, 0.717) is 28.9 Å². The molecule has 2 aromatic carbocycles. The smallest absolute Gasteiger partial charge is 0.382 e. The Kier molecular flexibility index (Phi) is 6.20. The van der Waals surface area contributed by atoms with E-state index < -0.39 is 5.97 Å². The molecule has 0 aliphatic carbocycles. The molecule has 0 spiro atoms. The number of benzene rings is 2. The highest BCUT2D eigenvalue weighted by Crippen LogP contribution is 2.31. The van der Waals surface area contributed by atoms with Crippen molar-refractivity contribution in [3.8, 4) is 11.8 Å². The van der Waals surface area contributed by atoms with Gasteiger partial charge in [-0.2, -0.15) is 0 Å². The molecule has 5 nitrogen and oxygen atoms in total. The summed E-state index contributed by atoms with van der Waals surface area (Å²) in [6.07, 6.45) is 4.33. The number of aromatic nitrogens is 2. The van der Waals surface area contributed by atoms with E-state index in [2.05, 4.69) is 26.7 Å². The summed E-state index contributed by atoms with van der Waals surface area (Å²) in [4.78, 5) is 21.5. The molecule has 0 saturated carbocycles. The third kappa shape index (κ3) is 5.24. The molecular weight excluding hydrogens is 413 g/mol. The molecule has 2 aromatic heterocycles. The van der Waals surface area contributed by atoms with Crippen LogP contribution in [0.5, 0.6) is 0 Å². The van der Waals surface area contributed by atoms with Crippen molar-refractivity contribution < 1.29 is 14.3 Å². The van der Waals surface area contributed by atoms with E-state index in [1.807, 2.05) is 30.3 Å². The van der Waals surface area contributed by atoms with E-state index in [4.69, 9.17) is 5.11 Å². The summed E-state index contributed by atoms with van der Waals surface area (Å²) >= 11 is 1.34. The van der Waals surface area contributed by atoms with Gasteiger partial charge >= 0.3 is 5.97 Å². The number of anilines is 1. The predicted octanol–water partition coefficient (Wildman–Crippen LogP) is 4.52. The minimum absolute atomic E-state index is 0.267. The molecule has 0 radical (unpaired) electrons. The number of pyridine rings is 1. The first-order valence-electron chi connectivity index (χ1n) is 9.61. The van der Waals surface area contributed by atoms with Crippen molar-refractivity contribution in [3.05, 3.63) is 89.5 Å². The summed E-state index contributed by atoms with van der Waals surface area (Å²) < 4.78 is 14.8. The minimum Gasteiger partial charge on any atom is -0.472 e. The first-order valence-corrected chi connectivity index (χ1v) is 10.4.